The number of nitrogens with one attached hydrogen (secondary N) is 1. The zero-order valence-electron chi connectivity index (χ0n) is 10.0. The summed E-state index contributed by atoms with van der Waals surface area (Å²) in [6.45, 7) is 1.88. The van der Waals surface area contributed by atoms with E-state index in [9.17, 15) is 4.79 Å². The van der Waals surface area contributed by atoms with E-state index in [0.717, 1.165) is 11.3 Å². The number of aryl methyl sites for hydroxylation is 2. The summed E-state index contributed by atoms with van der Waals surface area (Å²) in [6.07, 6.45) is 5.01. The average Bonchev–Trinajstić information content (AvgIpc) is 2.80. The molecule has 3 rings (SSSR count). The third-order valence-electron chi connectivity index (χ3n) is 2.90. The largest absolute Gasteiger partial charge is 0.318 e. The lowest BCUT2D eigenvalue weighted by molar-refractivity contribution is 0.870. The Morgan fingerprint density at radius 2 is 2.22 bits per heavy atom. The second-order valence-corrected chi connectivity index (χ2v) is 4.11. The zero-order chi connectivity index (χ0) is 12.7. The molecule has 0 aliphatic carbocycles. The van der Waals surface area contributed by atoms with Crippen LogP contribution in [0.5, 0.6) is 0 Å². The molecule has 0 aliphatic rings. The van der Waals surface area contributed by atoms with Gasteiger partial charge in [-0.25, -0.2) is 9.97 Å². The fraction of sp³-hybridized carbons (Fsp3) is 0.167. The van der Waals surface area contributed by atoms with Crippen molar-refractivity contribution in [1.82, 2.24) is 24.7 Å². The SMILES string of the molecule is Cc1n[nH]cc1-c1ncc2c(=O)n(C)ccc2n1. The van der Waals surface area contributed by atoms with Gasteiger partial charge in [0.25, 0.3) is 5.56 Å². The summed E-state index contributed by atoms with van der Waals surface area (Å²) in [5.74, 6) is 0.571. The van der Waals surface area contributed by atoms with Crippen molar-refractivity contribution in [2.24, 2.45) is 7.05 Å². The van der Waals surface area contributed by atoms with Crippen LogP contribution in [0.2, 0.25) is 0 Å². The summed E-state index contributed by atoms with van der Waals surface area (Å²) in [5, 5.41) is 7.32. The van der Waals surface area contributed by atoms with Gasteiger partial charge in [0.05, 0.1) is 22.2 Å². The molecule has 0 bridgehead atoms. The van der Waals surface area contributed by atoms with Crippen LogP contribution in [-0.2, 0) is 7.05 Å². The Hall–Kier alpha value is -2.50. The minimum atomic E-state index is -0.0945. The number of hydrogen-bond donors (Lipinski definition) is 1. The van der Waals surface area contributed by atoms with Gasteiger partial charge in [-0.2, -0.15) is 5.10 Å². The number of nitrogens with zero attached hydrogens (tertiary/aromatic N) is 4. The molecule has 6 nitrogen and oxygen atoms in total. The number of aromatic amines is 1. The fourth-order valence-corrected chi connectivity index (χ4v) is 1.84. The molecule has 0 atom stereocenters. The van der Waals surface area contributed by atoms with Crippen LogP contribution in [0.25, 0.3) is 22.3 Å². The number of rotatable bonds is 1. The van der Waals surface area contributed by atoms with Gasteiger partial charge >= 0.3 is 0 Å². The lowest BCUT2D eigenvalue weighted by Crippen LogP contribution is -2.16. The quantitative estimate of drug-likeness (QED) is 0.690. The Balaban J connectivity index is 2.28. The standard InChI is InChI=1S/C12H11N5O/c1-7-8(6-14-16-7)11-13-5-9-10(15-11)3-4-17(2)12(9)18/h3-6H,1-2H3,(H,14,16). The van der Waals surface area contributed by atoms with Gasteiger partial charge in [-0.15, -0.1) is 0 Å². The molecular weight excluding hydrogens is 230 g/mol. The topological polar surface area (TPSA) is 76.5 Å². The lowest BCUT2D eigenvalue weighted by Gasteiger charge is -2.02. The number of fused-ring (bicyclic) bond motifs is 1. The minimum absolute atomic E-state index is 0.0945. The van der Waals surface area contributed by atoms with Gasteiger partial charge < -0.3 is 4.57 Å². The fourth-order valence-electron chi connectivity index (χ4n) is 1.84. The van der Waals surface area contributed by atoms with E-state index in [-0.39, 0.29) is 5.56 Å². The van der Waals surface area contributed by atoms with E-state index in [2.05, 4.69) is 20.2 Å². The highest BCUT2D eigenvalue weighted by Crippen LogP contribution is 2.18. The second-order valence-electron chi connectivity index (χ2n) is 4.11. The Morgan fingerprint density at radius 1 is 1.39 bits per heavy atom. The predicted octanol–water partition coefficient (Wildman–Crippen LogP) is 1.03. The number of H-pyrrole nitrogens is 1. The van der Waals surface area contributed by atoms with Crippen molar-refractivity contribution < 1.29 is 0 Å². The van der Waals surface area contributed by atoms with Crippen LogP contribution < -0.4 is 5.56 Å². The highest BCUT2D eigenvalue weighted by Gasteiger charge is 2.09. The van der Waals surface area contributed by atoms with Gasteiger partial charge in [0.1, 0.15) is 0 Å². The summed E-state index contributed by atoms with van der Waals surface area (Å²) in [7, 11) is 1.70. The van der Waals surface area contributed by atoms with Crippen molar-refractivity contribution in [3.05, 3.63) is 40.7 Å². The van der Waals surface area contributed by atoms with E-state index in [0.29, 0.717) is 16.7 Å². The summed E-state index contributed by atoms with van der Waals surface area (Å²) in [4.78, 5) is 20.5. The van der Waals surface area contributed by atoms with Gasteiger partial charge in [-0.05, 0) is 13.0 Å². The molecule has 0 spiro atoms. The van der Waals surface area contributed by atoms with Crippen LogP contribution in [0.1, 0.15) is 5.69 Å². The molecular formula is C12H11N5O. The Kier molecular flexibility index (Phi) is 2.22. The molecule has 18 heavy (non-hydrogen) atoms. The van der Waals surface area contributed by atoms with Crippen molar-refractivity contribution in [3.63, 3.8) is 0 Å². The molecule has 0 unspecified atom stereocenters. The highest BCUT2D eigenvalue weighted by atomic mass is 16.1. The van der Waals surface area contributed by atoms with Crippen molar-refractivity contribution in [2.75, 3.05) is 0 Å². The molecule has 0 radical (unpaired) electrons. The molecule has 0 saturated heterocycles. The van der Waals surface area contributed by atoms with E-state index in [1.807, 2.05) is 6.92 Å². The molecule has 0 saturated carbocycles. The molecule has 0 aromatic carbocycles. The Bertz CT molecular complexity index is 787. The first-order chi connectivity index (χ1) is 8.66. The smallest absolute Gasteiger partial charge is 0.261 e. The predicted molar refractivity (Wildman–Crippen MR) is 67.1 cm³/mol. The third-order valence-corrected chi connectivity index (χ3v) is 2.90. The molecule has 90 valence electrons. The molecule has 6 heteroatoms. The molecule has 3 aromatic rings. The summed E-state index contributed by atoms with van der Waals surface area (Å²) in [6, 6.07) is 1.80. The molecule has 3 heterocycles. The maximum absolute atomic E-state index is 11.9. The van der Waals surface area contributed by atoms with Crippen molar-refractivity contribution >= 4 is 10.9 Å². The number of aromatic nitrogens is 5. The summed E-state index contributed by atoms with van der Waals surface area (Å²) in [5.41, 5.74) is 2.22. The molecule has 0 aliphatic heterocycles. The van der Waals surface area contributed by atoms with Crippen molar-refractivity contribution in [1.29, 1.82) is 0 Å². The number of pyridine rings is 1. The van der Waals surface area contributed by atoms with E-state index in [1.54, 1.807) is 31.7 Å². The van der Waals surface area contributed by atoms with Crippen LogP contribution in [0, 0.1) is 6.92 Å². The summed E-state index contributed by atoms with van der Waals surface area (Å²) >= 11 is 0. The van der Waals surface area contributed by atoms with Gasteiger partial charge in [0, 0.05) is 25.6 Å². The van der Waals surface area contributed by atoms with Crippen LogP contribution in [0.4, 0.5) is 0 Å². The maximum atomic E-state index is 11.9. The van der Waals surface area contributed by atoms with E-state index in [1.165, 1.54) is 4.57 Å². The first-order valence-electron chi connectivity index (χ1n) is 5.50. The van der Waals surface area contributed by atoms with Gasteiger partial charge in [0.15, 0.2) is 5.82 Å². The normalized spacial score (nSPS) is 11.0. The molecule has 0 amide bonds. The monoisotopic (exact) mass is 241 g/mol. The first kappa shape index (κ1) is 10.6. The second kappa shape index (κ2) is 3.76. The summed E-state index contributed by atoms with van der Waals surface area (Å²) < 4.78 is 1.51. The third kappa shape index (κ3) is 1.50. The van der Waals surface area contributed by atoms with E-state index in [4.69, 9.17) is 0 Å². The lowest BCUT2D eigenvalue weighted by atomic mass is 10.2. The molecule has 3 aromatic heterocycles. The van der Waals surface area contributed by atoms with Crippen molar-refractivity contribution in [2.45, 2.75) is 6.92 Å². The van der Waals surface area contributed by atoms with Crippen LogP contribution in [-0.4, -0.2) is 24.7 Å². The van der Waals surface area contributed by atoms with Crippen LogP contribution >= 0.6 is 0 Å². The van der Waals surface area contributed by atoms with E-state index < -0.39 is 0 Å². The maximum Gasteiger partial charge on any atom is 0.261 e. The van der Waals surface area contributed by atoms with Gasteiger partial charge in [-0.3, -0.25) is 9.89 Å². The Labute approximate surface area is 102 Å². The Morgan fingerprint density at radius 3 is 2.94 bits per heavy atom. The van der Waals surface area contributed by atoms with Crippen LogP contribution in [0.15, 0.2) is 29.5 Å². The highest BCUT2D eigenvalue weighted by molar-refractivity contribution is 5.78. The van der Waals surface area contributed by atoms with Crippen molar-refractivity contribution in [3.8, 4) is 11.4 Å². The van der Waals surface area contributed by atoms with Gasteiger partial charge in [-0.1, -0.05) is 0 Å². The molecule has 1 N–H and O–H groups in total. The zero-order valence-corrected chi connectivity index (χ0v) is 10.0. The van der Waals surface area contributed by atoms with Crippen LogP contribution in [0.3, 0.4) is 0 Å². The minimum Gasteiger partial charge on any atom is -0.318 e. The average molecular weight is 241 g/mol. The first-order valence-corrected chi connectivity index (χ1v) is 5.50. The molecule has 0 fully saturated rings. The number of hydrogen-bond acceptors (Lipinski definition) is 4. The van der Waals surface area contributed by atoms with Gasteiger partial charge in [0.2, 0.25) is 0 Å². The van der Waals surface area contributed by atoms with E-state index >= 15 is 0 Å².